The number of hydrogen-bond donors (Lipinski definition) is 1. The van der Waals surface area contributed by atoms with Crippen LogP contribution in [0.4, 0.5) is 0 Å². The van der Waals surface area contributed by atoms with Crippen LogP contribution < -0.4 is 0 Å². The summed E-state index contributed by atoms with van der Waals surface area (Å²) >= 11 is 0. The maximum atomic E-state index is 8.61. The average molecular weight is 191 g/mol. The molecule has 0 fully saturated rings. The summed E-state index contributed by atoms with van der Waals surface area (Å²) < 4.78 is 0. The highest BCUT2D eigenvalue weighted by Gasteiger charge is 2.12. The van der Waals surface area contributed by atoms with Crippen LogP contribution in [0.3, 0.4) is 0 Å². The van der Waals surface area contributed by atoms with E-state index in [1.165, 1.54) is 5.56 Å². The van der Waals surface area contributed by atoms with Crippen molar-refractivity contribution in [3.63, 3.8) is 0 Å². The Kier molecular flexibility index (Phi) is 2.94. The van der Waals surface area contributed by atoms with Crippen molar-refractivity contribution in [3.8, 4) is 0 Å². The first kappa shape index (κ1) is 10.8. The van der Waals surface area contributed by atoms with Crippen molar-refractivity contribution >= 4 is 5.71 Å². The summed E-state index contributed by atoms with van der Waals surface area (Å²) in [7, 11) is 0. The summed E-state index contributed by atoms with van der Waals surface area (Å²) in [5, 5.41) is 11.8. The van der Waals surface area contributed by atoms with Crippen molar-refractivity contribution in [1.29, 1.82) is 0 Å². The summed E-state index contributed by atoms with van der Waals surface area (Å²) in [6, 6.07) is 8.11. The van der Waals surface area contributed by atoms with Gasteiger partial charge in [0.2, 0.25) is 0 Å². The van der Waals surface area contributed by atoms with Gasteiger partial charge in [0, 0.05) is 0 Å². The third kappa shape index (κ3) is 2.34. The molecule has 1 aromatic carbocycles. The summed E-state index contributed by atoms with van der Waals surface area (Å²) in [4.78, 5) is 0. The minimum atomic E-state index is 0.169. The van der Waals surface area contributed by atoms with Gasteiger partial charge in [-0.1, -0.05) is 50.2 Å². The van der Waals surface area contributed by atoms with Crippen LogP contribution in [-0.2, 0) is 5.41 Å². The van der Waals surface area contributed by atoms with Gasteiger partial charge in [-0.05, 0) is 23.5 Å². The Morgan fingerprint density at radius 3 is 2.00 bits per heavy atom. The van der Waals surface area contributed by atoms with Gasteiger partial charge >= 0.3 is 0 Å². The molecule has 0 amide bonds. The lowest BCUT2D eigenvalue weighted by atomic mass is 9.86. The zero-order valence-electron chi connectivity index (χ0n) is 9.20. The molecule has 0 aliphatic heterocycles. The third-order valence-electron chi connectivity index (χ3n) is 2.32. The van der Waals surface area contributed by atoms with Gasteiger partial charge in [0.15, 0.2) is 0 Å². The second-order valence-corrected chi connectivity index (χ2v) is 4.51. The molecular formula is C12H17NO. The van der Waals surface area contributed by atoms with Crippen LogP contribution in [0.1, 0.15) is 38.8 Å². The van der Waals surface area contributed by atoms with Crippen molar-refractivity contribution in [3.05, 3.63) is 35.4 Å². The summed E-state index contributed by atoms with van der Waals surface area (Å²) in [5.74, 6) is 0. The monoisotopic (exact) mass is 191 g/mol. The van der Waals surface area contributed by atoms with Crippen molar-refractivity contribution in [2.24, 2.45) is 5.16 Å². The summed E-state index contributed by atoms with van der Waals surface area (Å²) in [6.07, 6.45) is 0. The highest BCUT2D eigenvalue weighted by molar-refractivity contribution is 5.98. The number of hydrogen-bond acceptors (Lipinski definition) is 2. The fourth-order valence-electron chi connectivity index (χ4n) is 1.27. The first-order valence-corrected chi connectivity index (χ1v) is 4.74. The van der Waals surface area contributed by atoms with Crippen LogP contribution >= 0.6 is 0 Å². The number of benzene rings is 1. The van der Waals surface area contributed by atoms with Crippen molar-refractivity contribution < 1.29 is 5.21 Å². The van der Waals surface area contributed by atoms with Crippen LogP contribution in [0, 0.1) is 0 Å². The van der Waals surface area contributed by atoms with Gasteiger partial charge in [0.05, 0.1) is 5.71 Å². The molecule has 2 heteroatoms. The highest BCUT2D eigenvalue weighted by Crippen LogP contribution is 2.22. The maximum Gasteiger partial charge on any atom is 0.0836 e. The topological polar surface area (TPSA) is 32.6 Å². The lowest BCUT2D eigenvalue weighted by Crippen LogP contribution is -2.11. The van der Waals surface area contributed by atoms with E-state index in [2.05, 4.69) is 38.1 Å². The molecule has 0 aromatic heterocycles. The average Bonchev–Trinajstić information content (AvgIpc) is 2.15. The van der Waals surface area contributed by atoms with Crippen LogP contribution in [0.2, 0.25) is 0 Å². The van der Waals surface area contributed by atoms with Crippen LogP contribution in [-0.4, -0.2) is 10.9 Å². The second kappa shape index (κ2) is 3.82. The molecule has 1 aromatic rings. The smallest absolute Gasteiger partial charge is 0.0836 e. The van der Waals surface area contributed by atoms with Gasteiger partial charge < -0.3 is 5.21 Å². The number of rotatable bonds is 1. The number of oxime groups is 1. The minimum absolute atomic E-state index is 0.169. The molecule has 76 valence electrons. The van der Waals surface area contributed by atoms with Crippen molar-refractivity contribution in [2.45, 2.75) is 33.1 Å². The van der Waals surface area contributed by atoms with E-state index in [0.29, 0.717) is 5.71 Å². The lowest BCUT2D eigenvalue weighted by molar-refractivity contribution is 0.319. The lowest BCUT2D eigenvalue weighted by Gasteiger charge is -2.18. The molecule has 0 atom stereocenters. The predicted molar refractivity (Wildman–Crippen MR) is 59.1 cm³/mol. The first-order chi connectivity index (χ1) is 6.45. The van der Waals surface area contributed by atoms with Gasteiger partial charge in [0.25, 0.3) is 0 Å². The molecule has 1 N–H and O–H groups in total. The molecule has 0 aliphatic rings. The highest BCUT2D eigenvalue weighted by atomic mass is 16.4. The predicted octanol–water partition coefficient (Wildman–Crippen LogP) is 3.18. The molecule has 0 aliphatic carbocycles. The van der Waals surface area contributed by atoms with Gasteiger partial charge in [-0.15, -0.1) is 0 Å². The Labute approximate surface area is 85.3 Å². The Balaban J connectivity index is 3.01. The molecule has 0 bridgehead atoms. The summed E-state index contributed by atoms with van der Waals surface area (Å²) in [5.41, 5.74) is 3.06. The largest absolute Gasteiger partial charge is 0.411 e. The fraction of sp³-hybridized carbons (Fsp3) is 0.417. The van der Waals surface area contributed by atoms with Gasteiger partial charge in [-0.3, -0.25) is 0 Å². The van der Waals surface area contributed by atoms with E-state index < -0.39 is 0 Å². The van der Waals surface area contributed by atoms with Gasteiger partial charge in [-0.25, -0.2) is 0 Å². The quantitative estimate of drug-likeness (QED) is 0.412. The van der Waals surface area contributed by atoms with Crippen molar-refractivity contribution in [2.75, 3.05) is 0 Å². The Bertz CT molecular complexity index is 330. The molecule has 0 heterocycles. The van der Waals surface area contributed by atoms with Crippen LogP contribution in [0.5, 0.6) is 0 Å². The fourth-order valence-corrected chi connectivity index (χ4v) is 1.27. The van der Waals surface area contributed by atoms with E-state index in [4.69, 9.17) is 5.21 Å². The van der Waals surface area contributed by atoms with E-state index in [1.54, 1.807) is 6.92 Å². The Hall–Kier alpha value is -1.31. The summed E-state index contributed by atoms with van der Waals surface area (Å²) in [6.45, 7) is 8.31. The Morgan fingerprint density at radius 2 is 1.64 bits per heavy atom. The minimum Gasteiger partial charge on any atom is -0.411 e. The third-order valence-corrected chi connectivity index (χ3v) is 2.32. The molecule has 0 spiro atoms. The standard InChI is InChI=1S/C12H17NO/c1-9(13-14)10-5-7-11(8-6-10)12(2,3)4/h5-8,14H,1-4H3. The molecule has 0 saturated carbocycles. The van der Waals surface area contributed by atoms with Gasteiger partial charge in [-0.2, -0.15) is 0 Å². The van der Waals surface area contributed by atoms with E-state index in [9.17, 15) is 0 Å². The van der Waals surface area contributed by atoms with Gasteiger partial charge in [0.1, 0.15) is 0 Å². The normalized spacial score (nSPS) is 13.0. The second-order valence-electron chi connectivity index (χ2n) is 4.51. The van der Waals surface area contributed by atoms with E-state index in [-0.39, 0.29) is 5.41 Å². The molecule has 1 rings (SSSR count). The maximum absolute atomic E-state index is 8.61. The SMILES string of the molecule is CC(=NO)c1ccc(C(C)(C)C)cc1. The zero-order valence-corrected chi connectivity index (χ0v) is 9.20. The van der Waals surface area contributed by atoms with E-state index >= 15 is 0 Å². The molecule has 14 heavy (non-hydrogen) atoms. The van der Waals surface area contributed by atoms with E-state index in [1.807, 2.05) is 12.1 Å². The van der Waals surface area contributed by atoms with E-state index in [0.717, 1.165) is 5.56 Å². The molecule has 0 radical (unpaired) electrons. The molecular weight excluding hydrogens is 174 g/mol. The molecule has 0 saturated heterocycles. The Morgan fingerprint density at radius 1 is 1.14 bits per heavy atom. The molecule has 2 nitrogen and oxygen atoms in total. The first-order valence-electron chi connectivity index (χ1n) is 4.74. The van der Waals surface area contributed by atoms with Crippen LogP contribution in [0.15, 0.2) is 29.4 Å². The van der Waals surface area contributed by atoms with Crippen LogP contribution in [0.25, 0.3) is 0 Å². The molecule has 0 unspecified atom stereocenters. The zero-order chi connectivity index (χ0) is 10.8. The van der Waals surface area contributed by atoms with Crippen molar-refractivity contribution in [1.82, 2.24) is 0 Å². The number of nitrogens with zero attached hydrogens (tertiary/aromatic N) is 1.